The molecule has 4 nitrogen and oxygen atoms in total. The Morgan fingerprint density at radius 3 is 2.45 bits per heavy atom. The van der Waals surface area contributed by atoms with Gasteiger partial charge in [-0.15, -0.1) is 6.58 Å². The highest BCUT2D eigenvalue weighted by Crippen LogP contribution is 2.38. The Hall–Kier alpha value is -3.79. The fourth-order valence-corrected chi connectivity index (χ4v) is 3.90. The van der Waals surface area contributed by atoms with Gasteiger partial charge in [0.25, 0.3) is 0 Å². The Morgan fingerprint density at radius 1 is 0.966 bits per heavy atom. The van der Waals surface area contributed by atoms with E-state index in [4.69, 9.17) is 13.6 Å². The Morgan fingerprint density at radius 2 is 1.72 bits per heavy atom. The summed E-state index contributed by atoms with van der Waals surface area (Å²) < 4.78 is 17.0. The monoisotopic (exact) mass is 382 g/mol. The highest BCUT2D eigenvalue weighted by molar-refractivity contribution is 6.12. The molecule has 5 rings (SSSR count). The number of methoxy groups -OCH3 is 1. The first-order chi connectivity index (χ1) is 14.2. The minimum Gasteiger partial charge on any atom is -0.497 e. The molecule has 2 aromatic heterocycles. The first-order valence-corrected chi connectivity index (χ1v) is 9.35. The standard InChI is InChI=1S/C25H18O4/c1-3-6-19-23-21(22(14-28-23)15-9-11-16(27-2)12-10-15)13-20-17-7-4-5-8-18(17)25(26)29-24(19)20/h3-5,7-14H,1,6H2,2H3. The maximum absolute atomic E-state index is 12.5. The second-order valence-corrected chi connectivity index (χ2v) is 6.91. The summed E-state index contributed by atoms with van der Waals surface area (Å²) in [5.41, 5.74) is 3.74. The van der Waals surface area contributed by atoms with E-state index in [1.54, 1.807) is 25.5 Å². The molecule has 0 unspecified atom stereocenters. The van der Waals surface area contributed by atoms with Crippen molar-refractivity contribution in [2.75, 3.05) is 7.11 Å². The molecule has 0 aliphatic carbocycles. The van der Waals surface area contributed by atoms with E-state index in [2.05, 4.69) is 6.58 Å². The first kappa shape index (κ1) is 17.3. The molecule has 0 atom stereocenters. The number of furan rings is 1. The van der Waals surface area contributed by atoms with Crippen LogP contribution in [0, 0.1) is 0 Å². The van der Waals surface area contributed by atoms with Crippen LogP contribution in [-0.2, 0) is 6.42 Å². The molecule has 0 aliphatic heterocycles. The van der Waals surface area contributed by atoms with Crippen LogP contribution in [0.5, 0.6) is 5.75 Å². The molecule has 5 aromatic rings. The average Bonchev–Trinajstić information content (AvgIpc) is 3.18. The Balaban J connectivity index is 1.90. The maximum Gasteiger partial charge on any atom is 0.344 e. The Kier molecular flexibility index (Phi) is 3.98. The van der Waals surface area contributed by atoms with E-state index in [0.717, 1.165) is 38.6 Å². The van der Waals surface area contributed by atoms with Gasteiger partial charge in [-0.25, -0.2) is 4.79 Å². The topological polar surface area (TPSA) is 52.6 Å². The van der Waals surface area contributed by atoms with Crippen molar-refractivity contribution in [3.63, 3.8) is 0 Å². The van der Waals surface area contributed by atoms with Crippen LogP contribution in [0.15, 0.2) is 87.1 Å². The third-order valence-corrected chi connectivity index (χ3v) is 5.29. The van der Waals surface area contributed by atoms with Crippen LogP contribution in [0.4, 0.5) is 0 Å². The molecule has 0 saturated carbocycles. The SMILES string of the molecule is C=CCc1c2occ(-c3ccc(OC)cc3)c2cc2c1oc(=O)c1ccccc12. The van der Waals surface area contributed by atoms with Gasteiger partial charge >= 0.3 is 5.63 Å². The van der Waals surface area contributed by atoms with Crippen LogP contribution in [-0.4, -0.2) is 7.11 Å². The summed E-state index contributed by atoms with van der Waals surface area (Å²) in [7, 11) is 1.65. The smallest absolute Gasteiger partial charge is 0.344 e. The van der Waals surface area contributed by atoms with Crippen molar-refractivity contribution in [2.24, 2.45) is 0 Å². The Bertz CT molecular complexity index is 1440. The van der Waals surface area contributed by atoms with Gasteiger partial charge in [0.05, 0.1) is 18.8 Å². The van der Waals surface area contributed by atoms with Crippen molar-refractivity contribution in [1.82, 2.24) is 0 Å². The number of hydrogen-bond acceptors (Lipinski definition) is 4. The minimum absolute atomic E-state index is 0.348. The van der Waals surface area contributed by atoms with E-state index in [-0.39, 0.29) is 5.63 Å². The molecule has 0 amide bonds. The number of hydrogen-bond donors (Lipinski definition) is 0. The molecular formula is C25H18O4. The van der Waals surface area contributed by atoms with Gasteiger partial charge in [0, 0.05) is 21.9 Å². The number of allylic oxidation sites excluding steroid dienone is 1. The van der Waals surface area contributed by atoms with E-state index in [9.17, 15) is 4.79 Å². The molecule has 0 bridgehead atoms. The second kappa shape index (κ2) is 6.67. The molecule has 0 radical (unpaired) electrons. The summed E-state index contributed by atoms with van der Waals surface area (Å²) in [6.45, 7) is 3.86. The molecule has 2 heterocycles. The molecule has 0 fully saturated rings. The lowest BCUT2D eigenvalue weighted by atomic mass is 9.97. The molecule has 3 aromatic carbocycles. The summed E-state index contributed by atoms with van der Waals surface area (Å²) in [5, 5.41) is 3.30. The second-order valence-electron chi connectivity index (χ2n) is 6.91. The number of rotatable bonds is 4. The van der Waals surface area contributed by atoms with Gasteiger partial charge < -0.3 is 13.6 Å². The largest absolute Gasteiger partial charge is 0.497 e. The molecule has 0 spiro atoms. The van der Waals surface area contributed by atoms with Crippen LogP contribution in [0.3, 0.4) is 0 Å². The van der Waals surface area contributed by atoms with E-state index in [1.165, 1.54) is 0 Å². The van der Waals surface area contributed by atoms with Crippen LogP contribution >= 0.6 is 0 Å². The lowest BCUT2D eigenvalue weighted by Gasteiger charge is -2.08. The summed E-state index contributed by atoms with van der Waals surface area (Å²) >= 11 is 0. The van der Waals surface area contributed by atoms with Crippen LogP contribution in [0.2, 0.25) is 0 Å². The van der Waals surface area contributed by atoms with Gasteiger partial charge in [-0.05, 0) is 41.6 Å². The fourth-order valence-electron chi connectivity index (χ4n) is 3.90. The maximum atomic E-state index is 12.5. The molecule has 0 N–H and O–H groups in total. The van der Waals surface area contributed by atoms with Crippen molar-refractivity contribution in [3.05, 3.63) is 89.5 Å². The summed E-state index contributed by atoms with van der Waals surface area (Å²) in [6.07, 6.45) is 4.07. The summed E-state index contributed by atoms with van der Waals surface area (Å²) in [5.74, 6) is 0.798. The number of benzene rings is 3. The summed E-state index contributed by atoms with van der Waals surface area (Å²) in [6, 6.07) is 17.4. The van der Waals surface area contributed by atoms with E-state index in [1.807, 2.05) is 48.5 Å². The quantitative estimate of drug-likeness (QED) is 0.214. The summed E-state index contributed by atoms with van der Waals surface area (Å²) in [4.78, 5) is 12.5. The zero-order valence-electron chi connectivity index (χ0n) is 15.9. The zero-order valence-corrected chi connectivity index (χ0v) is 15.9. The first-order valence-electron chi connectivity index (χ1n) is 9.35. The molecule has 142 valence electrons. The van der Waals surface area contributed by atoms with Crippen LogP contribution in [0.1, 0.15) is 5.56 Å². The molecule has 4 heteroatoms. The van der Waals surface area contributed by atoms with Crippen molar-refractivity contribution < 1.29 is 13.6 Å². The van der Waals surface area contributed by atoms with E-state index >= 15 is 0 Å². The van der Waals surface area contributed by atoms with Crippen LogP contribution < -0.4 is 10.4 Å². The van der Waals surface area contributed by atoms with Gasteiger partial charge in [0.15, 0.2) is 0 Å². The molecule has 0 aliphatic rings. The molecule has 29 heavy (non-hydrogen) atoms. The van der Waals surface area contributed by atoms with Gasteiger partial charge in [-0.3, -0.25) is 0 Å². The van der Waals surface area contributed by atoms with Crippen molar-refractivity contribution in [2.45, 2.75) is 6.42 Å². The third-order valence-electron chi connectivity index (χ3n) is 5.29. The van der Waals surface area contributed by atoms with Gasteiger partial charge in [0.1, 0.15) is 16.9 Å². The predicted octanol–water partition coefficient (Wildman–Crippen LogP) is 6.10. The normalized spacial score (nSPS) is 11.3. The molecular weight excluding hydrogens is 364 g/mol. The van der Waals surface area contributed by atoms with Crippen molar-refractivity contribution in [1.29, 1.82) is 0 Å². The lowest BCUT2D eigenvalue weighted by molar-refractivity contribution is 0.415. The highest BCUT2D eigenvalue weighted by atomic mass is 16.5. The van der Waals surface area contributed by atoms with Gasteiger partial charge in [-0.2, -0.15) is 0 Å². The van der Waals surface area contributed by atoms with Gasteiger partial charge in [-0.1, -0.05) is 36.4 Å². The van der Waals surface area contributed by atoms with Crippen LogP contribution in [0.25, 0.3) is 43.8 Å². The lowest BCUT2D eigenvalue weighted by Crippen LogP contribution is -2.01. The van der Waals surface area contributed by atoms with E-state index < -0.39 is 0 Å². The molecule has 0 saturated heterocycles. The predicted molar refractivity (Wildman–Crippen MR) is 116 cm³/mol. The number of fused-ring (bicyclic) bond motifs is 4. The highest BCUT2D eigenvalue weighted by Gasteiger charge is 2.19. The van der Waals surface area contributed by atoms with Crippen molar-refractivity contribution in [3.8, 4) is 16.9 Å². The van der Waals surface area contributed by atoms with Gasteiger partial charge in [0.2, 0.25) is 0 Å². The zero-order chi connectivity index (χ0) is 20.0. The van der Waals surface area contributed by atoms with E-state index in [0.29, 0.717) is 23.0 Å². The number of ether oxygens (including phenoxy) is 1. The Labute approximate surface area is 166 Å². The average molecular weight is 382 g/mol. The minimum atomic E-state index is -0.348. The van der Waals surface area contributed by atoms with Crippen molar-refractivity contribution >= 4 is 32.7 Å². The third kappa shape index (κ3) is 2.64. The fraction of sp³-hybridized carbons (Fsp3) is 0.0800.